The highest BCUT2D eigenvalue weighted by Gasteiger charge is 2.39. The lowest BCUT2D eigenvalue weighted by Crippen LogP contribution is -2.45. The first-order valence-electron chi connectivity index (χ1n) is 40.0. The maximum absolute atomic E-state index is 12.6. The van der Waals surface area contributed by atoms with E-state index < -0.39 is 66.1 Å². The number of amides is 2. The highest BCUT2D eigenvalue weighted by Crippen LogP contribution is 2.36. The van der Waals surface area contributed by atoms with Gasteiger partial charge in [-0.25, -0.2) is 49.4 Å². The predicted molar refractivity (Wildman–Crippen MR) is 456 cm³/mol. The van der Waals surface area contributed by atoms with Gasteiger partial charge in [-0.3, -0.25) is 0 Å². The minimum atomic E-state index is -3.58. The first-order valence-corrected chi connectivity index (χ1v) is 45.0. The number of benzene rings is 6. The van der Waals surface area contributed by atoms with Crippen LogP contribution in [0, 0.1) is 35.5 Å². The van der Waals surface area contributed by atoms with Gasteiger partial charge in [-0.05, 0) is 165 Å². The van der Waals surface area contributed by atoms with E-state index in [4.69, 9.17) is 67.7 Å². The minimum absolute atomic E-state index is 0.0192. The van der Waals surface area contributed by atoms with Crippen molar-refractivity contribution in [3.05, 3.63) is 179 Å². The number of nitrogens with two attached hydrogens (primary N) is 2. The molecule has 9 N–H and O–H groups in total. The molecule has 0 bridgehead atoms. The number of sulfonamides is 3. The van der Waals surface area contributed by atoms with Gasteiger partial charge in [0, 0.05) is 79.5 Å². The molecule has 2 fully saturated rings. The molecule has 117 heavy (non-hydrogen) atoms. The Morgan fingerprint density at radius 1 is 0.530 bits per heavy atom. The Morgan fingerprint density at radius 3 is 1.28 bits per heavy atom. The molecular formula is C87H132N6O21S3. The van der Waals surface area contributed by atoms with Crippen molar-refractivity contribution >= 4 is 42.3 Å². The summed E-state index contributed by atoms with van der Waals surface area (Å²) in [6.07, 6.45) is 4.31. The number of rotatable bonds is 48. The summed E-state index contributed by atoms with van der Waals surface area (Å²) in [6.45, 7) is 22.7. The number of nitrogens with one attached hydrogen (secondary N) is 4. The Balaban J connectivity index is 0.000000293. The van der Waals surface area contributed by atoms with Crippen molar-refractivity contribution < 1.29 is 96.8 Å². The predicted octanol–water partition coefficient (Wildman–Crippen LogP) is 12.1. The van der Waals surface area contributed by atoms with E-state index in [1.165, 1.54) is 5.56 Å². The second-order valence-corrected chi connectivity index (χ2v) is 36.6. The van der Waals surface area contributed by atoms with Crippen LogP contribution in [0.2, 0.25) is 0 Å². The zero-order valence-electron chi connectivity index (χ0n) is 71.1. The van der Waals surface area contributed by atoms with Crippen LogP contribution in [0.3, 0.4) is 0 Å². The van der Waals surface area contributed by atoms with Gasteiger partial charge >= 0.3 is 12.2 Å². The van der Waals surface area contributed by atoms with Crippen LogP contribution in [0.4, 0.5) is 9.59 Å². The van der Waals surface area contributed by atoms with Crippen LogP contribution in [-0.4, -0.2) is 187 Å². The van der Waals surface area contributed by atoms with Crippen molar-refractivity contribution in [1.29, 1.82) is 0 Å². The number of aliphatic hydroxyl groups is 1. The lowest BCUT2D eigenvalue weighted by molar-refractivity contribution is 0.0483. The molecule has 9 atom stereocenters. The molecule has 2 heterocycles. The molecule has 0 aromatic heterocycles. The van der Waals surface area contributed by atoms with Gasteiger partial charge < -0.3 is 78.3 Å². The van der Waals surface area contributed by atoms with Crippen LogP contribution in [-0.2, 0) is 95.0 Å². The van der Waals surface area contributed by atoms with Crippen molar-refractivity contribution in [2.24, 2.45) is 46.4 Å². The molecule has 30 heteroatoms. The molecule has 0 aliphatic carbocycles. The molecular weight excluding hydrogens is 1560 g/mol. The van der Waals surface area contributed by atoms with Crippen LogP contribution in [0.15, 0.2) is 146 Å². The third-order valence-corrected chi connectivity index (χ3v) is 23.0. The second-order valence-electron chi connectivity index (χ2n) is 31.4. The Bertz CT molecular complexity index is 4180. The van der Waals surface area contributed by atoms with E-state index >= 15 is 0 Å². The maximum atomic E-state index is 12.6. The van der Waals surface area contributed by atoms with Gasteiger partial charge in [0.2, 0.25) is 30.1 Å². The fourth-order valence-corrected chi connectivity index (χ4v) is 15.9. The number of epoxide rings is 1. The Labute approximate surface area is 696 Å². The highest BCUT2D eigenvalue weighted by molar-refractivity contribution is 7.89. The number of methoxy groups -OCH3 is 6. The number of carbonyl (C=O) groups is 2. The van der Waals surface area contributed by atoms with E-state index in [2.05, 4.69) is 73.8 Å². The maximum Gasteiger partial charge on any atom is 0.407 e. The molecule has 0 unspecified atom stereocenters. The second kappa shape index (κ2) is 51.6. The number of hydrogen-bond donors (Lipinski definition) is 7. The number of alkyl carbamates (subject to hydrolysis) is 2. The Kier molecular flexibility index (Phi) is 44.0. The number of aliphatic hydroxyl groups excluding tert-OH is 1. The van der Waals surface area contributed by atoms with Crippen molar-refractivity contribution in [3.8, 4) is 34.5 Å². The van der Waals surface area contributed by atoms with Gasteiger partial charge in [-0.1, -0.05) is 151 Å². The summed E-state index contributed by atoms with van der Waals surface area (Å²) in [5, 5.41) is 21.3. The van der Waals surface area contributed by atoms with Crippen molar-refractivity contribution in [1.82, 2.24) is 20.1 Å². The molecule has 2 aliphatic heterocycles. The number of carbonyl (C=O) groups excluding carboxylic acids is 2. The molecule has 8 rings (SSSR count). The quantitative estimate of drug-likeness (QED) is 0.0138. The van der Waals surface area contributed by atoms with Crippen LogP contribution in [0.5, 0.6) is 34.5 Å². The molecule has 0 radical (unpaired) electrons. The lowest BCUT2D eigenvalue weighted by atomic mass is 9.83. The van der Waals surface area contributed by atoms with Crippen LogP contribution in [0.1, 0.15) is 134 Å². The zero-order valence-corrected chi connectivity index (χ0v) is 73.6. The van der Waals surface area contributed by atoms with E-state index in [1.54, 1.807) is 115 Å². The topological polar surface area (TPSA) is 371 Å². The molecule has 0 saturated carbocycles. The smallest absolute Gasteiger partial charge is 0.407 e. The van der Waals surface area contributed by atoms with Gasteiger partial charge in [0.25, 0.3) is 0 Å². The van der Waals surface area contributed by atoms with Crippen LogP contribution in [0.25, 0.3) is 0 Å². The van der Waals surface area contributed by atoms with Gasteiger partial charge in [-0.15, -0.1) is 0 Å². The fourth-order valence-electron chi connectivity index (χ4n) is 12.9. The number of primary sulfonamides is 1. The zero-order chi connectivity index (χ0) is 86.1. The Hall–Kier alpha value is -7.85. The number of hydrogen-bond acceptors (Lipinski definition) is 22. The molecule has 2 saturated heterocycles. The largest absolute Gasteiger partial charge is 0.493 e. The number of cyclic esters (lactones) is 1. The molecule has 6 aromatic rings. The van der Waals surface area contributed by atoms with Crippen LogP contribution < -0.4 is 59.4 Å². The van der Waals surface area contributed by atoms with Crippen molar-refractivity contribution in [3.63, 3.8) is 0 Å². The molecule has 2 amide bonds. The summed E-state index contributed by atoms with van der Waals surface area (Å²) in [5.41, 5.74) is 11.2. The SMILES string of the molecule is COCCCOc1cc(C[C@@H](C[C@@H]2NC(=O)O[C@H]2CNS(=O)(=O)Cc2ccccc2)C(C)C)ccc1OC.COCCCOc1cc(C[C@@H](C[C@H](N)[C@@H](O)CNS(=O)(=O)Cc2ccccc2)C(C)C)ccc1OC.COCCCOc1cc(C[C@@H](C[C@H](NC(=O)OC(C)(C)C)[C@@H]2CO2)C(C)C)ccc1OC.NS(=O)(=O)Cc1ccccc1. The molecule has 27 nitrogen and oxygen atoms in total. The van der Waals surface area contributed by atoms with Gasteiger partial charge in [-0.2, -0.15) is 0 Å². The summed E-state index contributed by atoms with van der Waals surface area (Å²) < 4.78 is 142. The summed E-state index contributed by atoms with van der Waals surface area (Å²) in [6, 6.07) is 43.7. The normalized spacial score (nSPS) is 16.2. The Morgan fingerprint density at radius 2 is 0.915 bits per heavy atom. The monoisotopic (exact) mass is 1690 g/mol. The van der Waals surface area contributed by atoms with E-state index in [9.17, 15) is 39.9 Å². The van der Waals surface area contributed by atoms with E-state index in [-0.39, 0.29) is 60.4 Å². The average Bonchev–Trinajstić information content (AvgIpc) is 1.81. The molecule has 654 valence electrons. The third kappa shape index (κ3) is 40.2. The van der Waals surface area contributed by atoms with Gasteiger partial charge in [0.05, 0.1) is 83.2 Å². The van der Waals surface area contributed by atoms with Gasteiger partial charge in [0.1, 0.15) is 17.8 Å². The van der Waals surface area contributed by atoms with E-state index in [0.717, 1.165) is 73.1 Å². The molecule has 2 aliphatic rings. The summed E-state index contributed by atoms with van der Waals surface area (Å²) in [5.74, 6) is 5.64. The van der Waals surface area contributed by atoms with E-state index in [1.807, 2.05) is 81.4 Å². The fraction of sp³-hybridized carbons (Fsp3) is 0.563. The van der Waals surface area contributed by atoms with Crippen molar-refractivity contribution in [2.75, 3.05) is 102 Å². The van der Waals surface area contributed by atoms with Gasteiger partial charge in [0.15, 0.2) is 34.5 Å². The summed E-state index contributed by atoms with van der Waals surface area (Å²) in [4.78, 5) is 24.4. The third-order valence-electron chi connectivity index (χ3n) is 19.6. The van der Waals surface area contributed by atoms with Crippen LogP contribution >= 0.6 is 0 Å². The first-order chi connectivity index (χ1) is 55.5. The highest BCUT2D eigenvalue weighted by atomic mass is 32.2. The first kappa shape index (κ1) is 99.7. The lowest BCUT2D eigenvalue weighted by Gasteiger charge is -2.28. The molecule has 0 spiro atoms. The number of ether oxygens (including phenoxy) is 12. The van der Waals surface area contributed by atoms with E-state index in [0.29, 0.717) is 117 Å². The minimum Gasteiger partial charge on any atom is -0.493 e. The average molecular weight is 1690 g/mol. The summed E-state index contributed by atoms with van der Waals surface area (Å²) in [7, 11) is -0.650. The van der Waals surface area contributed by atoms with Crippen molar-refractivity contribution in [2.45, 2.75) is 179 Å². The standard InChI is InChI=1S/C28H40N2O7S.C27H42N2O6S.C25H41NO6.C7H9NO2S/c1-20(2)23(15-22-11-12-25(35-4)26(16-22)36-14-8-13-34-3)17-24-27(37-28(31)30-24)18-29-38(32,33)19-21-9-6-5-7-10-21;1-20(2)23(15-22-11-12-26(34-4)27(16-22)35-14-8-13-33-3)17-24(28)25(30)18-29-36(31,32)19-21-9-6-5-7-10-21;1-17(2)19(15-20(23-16-31-23)26-24(27)32-25(3,4)5)13-18-9-10-21(29-7)22(14-18)30-12-8-11-28-6;8-11(9,10)6-7-4-2-1-3-5-7/h5-7,9-12,16,20,23-24,27,29H,8,13-15,17-19H2,1-4H3,(H,30,31);5-7,9-12,16,20,23-25,29-30H,8,13-15,17-19,28H2,1-4H3;9-10,14,17,19-20,23H,8,11-13,15-16H2,1-7H3,(H,26,27);1-5H,6H2,(H2,8,9,10)/t23-,24-,27-;23-,24-,25-;19-,20-,23-;/m000./s1. The molecule has 6 aromatic carbocycles. The summed E-state index contributed by atoms with van der Waals surface area (Å²) >= 11 is 0.